The minimum absolute atomic E-state index is 0.547. The third-order valence-electron chi connectivity index (χ3n) is 2.92. The Balaban J connectivity index is 2.40. The van der Waals surface area contributed by atoms with E-state index in [1.165, 1.54) is 11.1 Å². The minimum atomic E-state index is -0.547. The van der Waals surface area contributed by atoms with Gasteiger partial charge in [-0.2, -0.15) is 0 Å². The first-order valence-corrected chi connectivity index (χ1v) is 4.71. The molecule has 0 saturated carbocycles. The van der Waals surface area contributed by atoms with Crippen LogP contribution in [0.1, 0.15) is 18.1 Å². The van der Waals surface area contributed by atoms with Crippen LogP contribution >= 0.6 is 0 Å². The molecule has 1 unspecified atom stereocenters. The fraction of sp³-hybridized carbons (Fsp3) is 0.364. The van der Waals surface area contributed by atoms with Gasteiger partial charge in [0.15, 0.2) is 7.98 Å². The van der Waals surface area contributed by atoms with Crippen LogP contribution in [0.15, 0.2) is 24.3 Å². The Morgan fingerprint density at radius 3 is 2.71 bits per heavy atom. The number of carbonyl (C=O) groups is 1. The molecule has 1 aliphatic rings. The molecule has 1 aromatic carbocycles. The van der Waals surface area contributed by atoms with Crippen molar-refractivity contribution >= 4 is 14.3 Å². The highest BCUT2D eigenvalue weighted by atomic mass is 16.1. The topological polar surface area (TPSA) is 20.3 Å². The van der Waals surface area contributed by atoms with Crippen molar-refractivity contribution in [1.82, 2.24) is 4.81 Å². The molecule has 0 amide bonds. The van der Waals surface area contributed by atoms with Crippen LogP contribution in [-0.2, 0) is 17.8 Å². The highest BCUT2D eigenvalue weighted by Crippen LogP contribution is 2.27. The lowest BCUT2D eigenvalue weighted by atomic mass is 9.83. The number of carbonyl (C=O) groups excluding carboxylic acids is 1. The number of rotatable bonds is 1. The molecule has 0 fully saturated rings. The summed E-state index contributed by atoms with van der Waals surface area (Å²) in [5, 5.41) is 0. The van der Waals surface area contributed by atoms with Crippen LogP contribution < -0.4 is 0 Å². The summed E-state index contributed by atoms with van der Waals surface area (Å²) in [6.07, 6.45) is 1.63. The van der Waals surface area contributed by atoms with Crippen molar-refractivity contribution in [3.63, 3.8) is 0 Å². The number of fused-ring (bicyclic) bond motifs is 1. The summed E-state index contributed by atoms with van der Waals surface area (Å²) in [6.45, 7) is 2.52. The van der Waals surface area contributed by atoms with Gasteiger partial charge < -0.3 is 9.61 Å². The van der Waals surface area contributed by atoms with E-state index in [2.05, 4.69) is 12.1 Å². The van der Waals surface area contributed by atoms with E-state index in [1.807, 2.05) is 19.1 Å². The molecule has 0 saturated heterocycles. The lowest BCUT2D eigenvalue weighted by Crippen LogP contribution is -2.50. The Bertz CT molecular complexity index is 366. The van der Waals surface area contributed by atoms with Gasteiger partial charge in [-0.05, 0) is 24.5 Å². The number of hydrogen-bond acceptors (Lipinski definition) is 2. The molecule has 1 aliphatic heterocycles. The van der Waals surface area contributed by atoms with Crippen molar-refractivity contribution in [3.05, 3.63) is 35.4 Å². The molecule has 2 rings (SSSR count). The van der Waals surface area contributed by atoms with Crippen LogP contribution in [0.25, 0.3) is 0 Å². The number of nitrogens with zero attached hydrogens (tertiary/aromatic N) is 1. The van der Waals surface area contributed by atoms with Gasteiger partial charge in [0.1, 0.15) is 6.29 Å². The van der Waals surface area contributed by atoms with Gasteiger partial charge in [-0.3, -0.25) is 0 Å². The summed E-state index contributed by atoms with van der Waals surface area (Å²) in [7, 11) is 5.84. The number of aldehydes is 1. The molecular weight excluding hydrogens is 173 g/mol. The first kappa shape index (κ1) is 9.47. The zero-order valence-electron chi connectivity index (χ0n) is 8.23. The molecular formula is C11H12BNO. The zero-order valence-corrected chi connectivity index (χ0v) is 8.23. The van der Waals surface area contributed by atoms with Gasteiger partial charge in [0.25, 0.3) is 0 Å². The van der Waals surface area contributed by atoms with Gasteiger partial charge in [-0.15, -0.1) is 0 Å². The summed E-state index contributed by atoms with van der Waals surface area (Å²) >= 11 is 0. The molecule has 3 heteroatoms. The maximum absolute atomic E-state index is 11.0. The molecule has 70 valence electrons. The lowest BCUT2D eigenvalue weighted by molar-refractivity contribution is -0.115. The Morgan fingerprint density at radius 2 is 2.07 bits per heavy atom. The maximum Gasteiger partial charge on any atom is 0.184 e. The molecule has 0 bridgehead atoms. The quantitative estimate of drug-likeness (QED) is 0.482. The van der Waals surface area contributed by atoms with Crippen molar-refractivity contribution in [1.29, 1.82) is 0 Å². The number of hydrogen-bond donors (Lipinski definition) is 0. The van der Waals surface area contributed by atoms with Gasteiger partial charge in [-0.25, -0.2) is 0 Å². The normalized spacial score (nSPS) is 26.9. The van der Waals surface area contributed by atoms with Crippen LogP contribution in [0.4, 0.5) is 0 Å². The molecule has 1 atom stereocenters. The third kappa shape index (κ3) is 1.38. The van der Waals surface area contributed by atoms with Crippen LogP contribution in [0.2, 0.25) is 0 Å². The van der Waals surface area contributed by atoms with Gasteiger partial charge in [-0.1, -0.05) is 24.3 Å². The van der Waals surface area contributed by atoms with Crippen LogP contribution in [0, 0.1) is 0 Å². The van der Waals surface area contributed by atoms with Crippen LogP contribution in [0.5, 0.6) is 0 Å². The van der Waals surface area contributed by atoms with E-state index < -0.39 is 5.54 Å². The highest BCUT2D eigenvalue weighted by molar-refractivity contribution is 6.06. The van der Waals surface area contributed by atoms with E-state index in [9.17, 15) is 4.79 Å². The van der Waals surface area contributed by atoms with Crippen LogP contribution in [0.3, 0.4) is 0 Å². The van der Waals surface area contributed by atoms with Gasteiger partial charge in [0.05, 0.1) is 5.54 Å². The molecule has 2 nitrogen and oxygen atoms in total. The third-order valence-corrected chi connectivity index (χ3v) is 2.92. The van der Waals surface area contributed by atoms with Gasteiger partial charge in [0, 0.05) is 6.54 Å². The molecule has 0 aromatic heterocycles. The van der Waals surface area contributed by atoms with Gasteiger partial charge in [0.2, 0.25) is 0 Å². The molecule has 14 heavy (non-hydrogen) atoms. The SMILES string of the molecule is [B]N1Cc2ccccc2CC1(C)C=O. The highest BCUT2D eigenvalue weighted by Gasteiger charge is 2.33. The van der Waals surface area contributed by atoms with Crippen molar-refractivity contribution in [3.8, 4) is 0 Å². The summed E-state index contributed by atoms with van der Waals surface area (Å²) in [5.74, 6) is 0. The maximum atomic E-state index is 11.0. The summed E-state index contributed by atoms with van der Waals surface area (Å²) in [4.78, 5) is 12.6. The average molecular weight is 185 g/mol. The monoisotopic (exact) mass is 185 g/mol. The first-order valence-electron chi connectivity index (χ1n) is 4.71. The molecule has 0 aliphatic carbocycles. The van der Waals surface area contributed by atoms with Crippen molar-refractivity contribution in [2.24, 2.45) is 0 Å². The largest absolute Gasteiger partial charge is 0.339 e. The predicted octanol–water partition coefficient (Wildman–Crippen LogP) is 1.09. The second-order valence-electron chi connectivity index (χ2n) is 4.05. The molecule has 0 N–H and O–H groups in total. The van der Waals surface area contributed by atoms with Crippen molar-refractivity contribution in [2.45, 2.75) is 25.4 Å². The fourth-order valence-corrected chi connectivity index (χ4v) is 1.84. The smallest absolute Gasteiger partial charge is 0.184 e. The van der Waals surface area contributed by atoms with E-state index in [-0.39, 0.29) is 0 Å². The second kappa shape index (κ2) is 3.25. The van der Waals surface area contributed by atoms with E-state index in [4.69, 9.17) is 7.98 Å². The van der Waals surface area contributed by atoms with Crippen molar-refractivity contribution in [2.75, 3.05) is 0 Å². The lowest BCUT2D eigenvalue weighted by Gasteiger charge is -2.40. The second-order valence-corrected chi connectivity index (χ2v) is 4.05. The molecule has 1 heterocycles. The molecule has 1 aromatic rings. The van der Waals surface area contributed by atoms with Crippen molar-refractivity contribution < 1.29 is 4.79 Å². The van der Waals surface area contributed by atoms with Gasteiger partial charge >= 0.3 is 0 Å². The standard InChI is InChI=1S/C11H12BNO/c1-11(8-14)6-9-4-2-3-5-10(9)7-13(11)12/h2-5,8H,6-7H2,1H3. The predicted molar refractivity (Wildman–Crippen MR) is 55.9 cm³/mol. The van der Waals surface area contributed by atoms with Crippen LogP contribution in [-0.4, -0.2) is 24.6 Å². The van der Waals surface area contributed by atoms with E-state index in [0.29, 0.717) is 13.0 Å². The molecule has 2 radical (unpaired) electrons. The van der Waals surface area contributed by atoms with E-state index in [1.54, 1.807) is 4.81 Å². The Kier molecular flexibility index (Phi) is 2.19. The molecule has 0 spiro atoms. The Labute approximate surface area is 85.3 Å². The zero-order chi connectivity index (χ0) is 10.2. The first-order chi connectivity index (χ1) is 6.65. The average Bonchev–Trinajstić information content (AvgIpc) is 2.20. The van der Waals surface area contributed by atoms with E-state index in [0.717, 1.165) is 6.29 Å². The van der Waals surface area contributed by atoms with E-state index >= 15 is 0 Å². The minimum Gasteiger partial charge on any atom is -0.339 e. The Morgan fingerprint density at radius 1 is 1.43 bits per heavy atom. The summed E-state index contributed by atoms with van der Waals surface area (Å²) in [5.41, 5.74) is 1.90. The fourth-order valence-electron chi connectivity index (χ4n) is 1.84. The number of benzene rings is 1. The summed E-state index contributed by atoms with van der Waals surface area (Å²) in [6, 6.07) is 8.11. The summed E-state index contributed by atoms with van der Waals surface area (Å²) < 4.78 is 0. The Hall–Kier alpha value is -1.09.